The Morgan fingerprint density at radius 1 is 0.906 bits per heavy atom. The molecule has 0 bridgehead atoms. The molecule has 0 radical (unpaired) electrons. The highest BCUT2D eigenvalue weighted by Crippen LogP contribution is 2.46. The zero-order valence-electron chi connectivity index (χ0n) is 17.9. The van der Waals surface area contributed by atoms with Crippen LogP contribution in [-0.2, 0) is 18.0 Å². The number of aryl methyl sites for hydroxylation is 1. The Bertz CT molecular complexity index is 1220. The summed E-state index contributed by atoms with van der Waals surface area (Å²) in [6.07, 6.45) is 0. The third kappa shape index (κ3) is 4.65. The van der Waals surface area contributed by atoms with E-state index < -0.39 is 5.97 Å². The number of halogens is 1. The van der Waals surface area contributed by atoms with Crippen LogP contribution in [0.25, 0.3) is 11.0 Å². The number of ether oxygens (including phenoxy) is 3. The molecule has 0 N–H and O–H groups in total. The van der Waals surface area contributed by atoms with Crippen LogP contribution in [0.1, 0.15) is 34.2 Å². The van der Waals surface area contributed by atoms with Crippen molar-refractivity contribution in [3.05, 3.63) is 93.7 Å². The minimum absolute atomic E-state index is 0.263. The lowest BCUT2D eigenvalue weighted by molar-refractivity contribution is 0.0526. The third-order valence-electron chi connectivity index (χ3n) is 4.95. The molecule has 4 rings (SSSR count). The van der Waals surface area contributed by atoms with Crippen LogP contribution in [0.4, 0.5) is 0 Å². The van der Waals surface area contributed by atoms with Crippen molar-refractivity contribution in [3.8, 4) is 11.5 Å². The van der Waals surface area contributed by atoms with Gasteiger partial charge in [-0.2, -0.15) is 0 Å². The summed E-state index contributed by atoms with van der Waals surface area (Å²) in [5.74, 6) is 0.956. The number of furan rings is 1. The Morgan fingerprint density at radius 3 is 2.03 bits per heavy atom. The van der Waals surface area contributed by atoms with Gasteiger partial charge in [0, 0.05) is 0 Å². The molecule has 164 valence electrons. The predicted molar refractivity (Wildman–Crippen MR) is 126 cm³/mol. The Balaban J connectivity index is 1.81. The largest absolute Gasteiger partial charge is 0.484 e. The van der Waals surface area contributed by atoms with Crippen molar-refractivity contribution in [2.75, 3.05) is 6.61 Å². The van der Waals surface area contributed by atoms with Crippen LogP contribution in [0.15, 0.2) is 75.6 Å². The second-order valence-electron chi connectivity index (χ2n) is 7.19. The minimum atomic E-state index is -0.454. The van der Waals surface area contributed by atoms with Crippen molar-refractivity contribution in [1.82, 2.24) is 0 Å². The first kappa shape index (κ1) is 22.0. The molecule has 32 heavy (non-hydrogen) atoms. The zero-order chi connectivity index (χ0) is 22.5. The second kappa shape index (κ2) is 9.92. The summed E-state index contributed by atoms with van der Waals surface area (Å²) in [7, 11) is 0. The first-order valence-corrected chi connectivity index (χ1v) is 11.1. The van der Waals surface area contributed by atoms with Gasteiger partial charge in [0.2, 0.25) is 0 Å². The molecule has 5 nitrogen and oxygen atoms in total. The van der Waals surface area contributed by atoms with Gasteiger partial charge in [-0.25, -0.2) is 4.79 Å². The number of benzene rings is 3. The average Bonchev–Trinajstić information content (AvgIpc) is 3.13. The van der Waals surface area contributed by atoms with Crippen LogP contribution >= 0.6 is 15.9 Å². The summed E-state index contributed by atoms with van der Waals surface area (Å²) in [6, 6.07) is 21.5. The van der Waals surface area contributed by atoms with Gasteiger partial charge in [-0.3, -0.25) is 0 Å². The van der Waals surface area contributed by atoms with Crippen molar-refractivity contribution < 1.29 is 23.4 Å². The van der Waals surface area contributed by atoms with Crippen molar-refractivity contribution in [2.24, 2.45) is 0 Å². The Kier molecular flexibility index (Phi) is 6.81. The molecule has 1 heterocycles. The van der Waals surface area contributed by atoms with Crippen LogP contribution in [0.5, 0.6) is 11.5 Å². The maximum absolute atomic E-state index is 12.8. The molecule has 0 saturated carbocycles. The van der Waals surface area contributed by atoms with Gasteiger partial charge in [0.05, 0.1) is 16.5 Å². The van der Waals surface area contributed by atoms with Crippen LogP contribution in [0, 0.1) is 6.92 Å². The van der Waals surface area contributed by atoms with E-state index in [0.29, 0.717) is 51.5 Å². The Morgan fingerprint density at radius 2 is 1.47 bits per heavy atom. The number of hydrogen-bond acceptors (Lipinski definition) is 5. The van der Waals surface area contributed by atoms with Gasteiger partial charge >= 0.3 is 5.97 Å². The molecule has 3 aromatic carbocycles. The van der Waals surface area contributed by atoms with Gasteiger partial charge in [-0.1, -0.05) is 60.7 Å². The van der Waals surface area contributed by atoms with Crippen molar-refractivity contribution in [2.45, 2.75) is 27.1 Å². The lowest BCUT2D eigenvalue weighted by Gasteiger charge is -2.16. The molecule has 0 aliphatic carbocycles. The van der Waals surface area contributed by atoms with Crippen LogP contribution in [0.2, 0.25) is 0 Å². The van der Waals surface area contributed by atoms with E-state index in [-0.39, 0.29) is 6.61 Å². The van der Waals surface area contributed by atoms with Gasteiger partial charge in [0.25, 0.3) is 0 Å². The van der Waals surface area contributed by atoms with Gasteiger partial charge in [-0.05, 0) is 47.0 Å². The minimum Gasteiger partial charge on any atom is -0.484 e. The molecule has 1 aromatic heterocycles. The molecular formula is C26H23BrO5. The topological polar surface area (TPSA) is 57.9 Å². The number of esters is 1. The van der Waals surface area contributed by atoms with E-state index in [0.717, 1.165) is 11.1 Å². The normalized spacial score (nSPS) is 10.8. The molecule has 0 aliphatic rings. The molecule has 0 fully saturated rings. The van der Waals surface area contributed by atoms with Gasteiger partial charge < -0.3 is 18.6 Å². The Labute approximate surface area is 195 Å². The molecule has 0 amide bonds. The standard InChI is InChI=1S/C26H23BrO5/c1-3-29-26(28)22-17(2)32-21-14-20(27)24(30-15-18-10-6-4-7-11-18)25(23(21)22)31-16-19-12-8-5-9-13-19/h4-14H,3,15-16H2,1-2H3. The number of carbonyl (C=O) groups excluding carboxylic acids is 1. The first-order valence-electron chi connectivity index (χ1n) is 10.3. The fourth-order valence-corrected chi connectivity index (χ4v) is 3.98. The maximum Gasteiger partial charge on any atom is 0.342 e. The number of rotatable bonds is 8. The van der Waals surface area contributed by atoms with E-state index in [2.05, 4.69) is 15.9 Å². The smallest absolute Gasteiger partial charge is 0.342 e. The van der Waals surface area contributed by atoms with Crippen molar-refractivity contribution >= 4 is 32.9 Å². The SMILES string of the molecule is CCOC(=O)c1c(C)oc2cc(Br)c(OCc3ccccc3)c(OCc3ccccc3)c12. The summed E-state index contributed by atoms with van der Waals surface area (Å²) in [4.78, 5) is 12.8. The van der Waals surface area contributed by atoms with Crippen LogP contribution in [0.3, 0.4) is 0 Å². The Hall–Kier alpha value is -3.25. The molecule has 0 spiro atoms. The number of carbonyl (C=O) groups is 1. The van der Waals surface area contributed by atoms with Gasteiger partial charge in [0.15, 0.2) is 11.5 Å². The van der Waals surface area contributed by atoms with E-state index >= 15 is 0 Å². The summed E-state index contributed by atoms with van der Waals surface area (Å²) < 4.78 is 24.3. The predicted octanol–water partition coefficient (Wildman–Crippen LogP) is 6.84. The van der Waals surface area contributed by atoms with Crippen molar-refractivity contribution in [3.63, 3.8) is 0 Å². The van der Waals surface area contributed by atoms with Gasteiger partial charge in [-0.15, -0.1) is 0 Å². The van der Waals surface area contributed by atoms with E-state index in [1.54, 1.807) is 19.9 Å². The van der Waals surface area contributed by atoms with E-state index in [1.807, 2.05) is 60.7 Å². The number of fused-ring (bicyclic) bond motifs is 1. The third-order valence-corrected chi connectivity index (χ3v) is 5.54. The highest BCUT2D eigenvalue weighted by molar-refractivity contribution is 9.10. The summed E-state index contributed by atoms with van der Waals surface area (Å²) >= 11 is 3.59. The summed E-state index contributed by atoms with van der Waals surface area (Å²) in [5, 5.41) is 0.545. The molecule has 0 aliphatic heterocycles. The zero-order valence-corrected chi connectivity index (χ0v) is 19.5. The highest BCUT2D eigenvalue weighted by atomic mass is 79.9. The monoisotopic (exact) mass is 494 g/mol. The lowest BCUT2D eigenvalue weighted by atomic mass is 10.1. The highest BCUT2D eigenvalue weighted by Gasteiger charge is 2.27. The van der Waals surface area contributed by atoms with E-state index in [9.17, 15) is 4.79 Å². The molecule has 0 saturated heterocycles. The van der Waals surface area contributed by atoms with Crippen LogP contribution in [-0.4, -0.2) is 12.6 Å². The molecule has 0 atom stereocenters. The first-order chi connectivity index (χ1) is 15.6. The fraction of sp³-hybridized carbons (Fsp3) is 0.192. The van der Waals surface area contributed by atoms with E-state index in [1.165, 1.54) is 0 Å². The molecule has 0 unspecified atom stereocenters. The van der Waals surface area contributed by atoms with Crippen molar-refractivity contribution in [1.29, 1.82) is 0 Å². The quantitative estimate of drug-likeness (QED) is 0.251. The summed E-state index contributed by atoms with van der Waals surface area (Å²) in [6.45, 7) is 4.43. The average molecular weight is 495 g/mol. The number of hydrogen-bond donors (Lipinski definition) is 0. The second-order valence-corrected chi connectivity index (χ2v) is 8.05. The molecule has 4 aromatic rings. The maximum atomic E-state index is 12.8. The fourth-order valence-electron chi connectivity index (χ4n) is 3.48. The van der Waals surface area contributed by atoms with E-state index in [4.69, 9.17) is 18.6 Å². The lowest BCUT2D eigenvalue weighted by Crippen LogP contribution is -2.07. The molecule has 6 heteroatoms. The van der Waals surface area contributed by atoms with Gasteiger partial charge in [0.1, 0.15) is 30.1 Å². The molecular weight excluding hydrogens is 472 g/mol. The van der Waals surface area contributed by atoms with Crippen LogP contribution < -0.4 is 9.47 Å². The summed E-state index contributed by atoms with van der Waals surface area (Å²) in [5.41, 5.74) is 2.88.